The highest BCUT2D eigenvalue weighted by atomic mass is 79.9. The Bertz CT molecular complexity index is 1530. The molecule has 6 nitrogen and oxygen atoms in total. The molecular weight excluding hydrogens is 551 g/mol. The van der Waals surface area contributed by atoms with Gasteiger partial charge in [-0.2, -0.15) is 0 Å². The minimum atomic E-state index is -3.88. The molecule has 4 aromatic rings. The van der Waals surface area contributed by atoms with Crippen LogP contribution in [0.25, 0.3) is 21.7 Å². The monoisotopic (exact) mass is 566 g/mol. The van der Waals surface area contributed by atoms with Crippen molar-refractivity contribution >= 4 is 47.1 Å². The summed E-state index contributed by atoms with van der Waals surface area (Å²) in [6, 6.07) is 18.3. The van der Waals surface area contributed by atoms with Crippen molar-refractivity contribution < 1.29 is 21.2 Å². The SMILES string of the molecule is NS(=O)(=O)c1ccc(-c2nc(S(=O)(=O)Cc3cccc(Br)c3)sc2-c2ccc(F)cc2)cc1. The molecule has 4 rings (SSSR count). The van der Waals surface area contributed by atoms with Gasteiger partial charge in [0.15, 0.2) is 0 Å². The molecule has 0 aliphatic carbocycles. The zero-order valence-electron chi connectivity index (χ0n) is 16.8. The fourth-order valence-corrected chi connectivity index (χ4v) is 6.83. The van der Waals surface area contributed by atoms with Crippen LogP contribution in [0.4, 0.5) is 4.39 Å². The van der Waals surface area contributed by atoms with E-state index in [-0.39, 0.29) is 15.0 Å². The highest BCUT2D eigenvalue weighted by Gasteiger charge is 2.25. The lowest BCUT2D eigenvalue weighted by Gasteiger charge is -2.04. The molecule has 170 valence electrons. The van der Waals surface area contributed by atoms with Crippen molar-refractivity contribution in [1.29, 1.82) is 0 Å². The Labute approximate surface area is 203 Å². The first-order chi connectivity index (χ1) is 15.5. The largest absolute Gasteiger partial charge is 0.238 e. The number of aromatic nitrogens is 1. The van der Waals surface area contributed by atoms with Gasteiger partial charge in [-0.25, -0.2) is 31.3 Å². The number of hydrogen-bond acceptors (Lipinski definition) is 6. The van der Waals surface area contributed by atoms with Crippen LogP contribution in [0.1, 0.15) is 5.56 Å². The van der Waals surface area contributed by atoms with Gasteiger partial charge in [0.05, 0.1) is 21.2 Å². The standard InChI is InChI=1S/C22H16BrFN2O4S3/c23-17-3-1-2-14(12-17)13-32(27,28)22-26-20(15-6-10-19(11-7-15)33(25,29)30)21(31-22)16-4-8-18(24)9-5-16/h1-12H,13H2,(H2,25,29,30). The quantitative estimate of drug-likeness (QED) is 0.353. The topological polar surface area (TPSA) is 107 Å². The third kappa shape index (κ3) is 5.39. The van der Waals surface area contributed by atoms with Gasteiger partial charge in [0.25, 0.3) is 0 Å². The van der Waals surface area contributed by atoms with Crippen molar-refractivity contribution in [3.05, 3.63) is 88.6 Å². The molecule has 1 heterocycles. The first kappa shape index (κ1) is 23.7. The Morgan fingerprint density at radius 1 is 0.909 bits per heavy atom. The number of sulfone groups is 1. The van der Waals surface area contributed by atoms with Crippen molar-refractivity contribution in [3.63, 3.8) is 0 Å². The number of rotatable bonds is 6. The summed E-state index contributed by atoms with van der Waals surface area (Å²) < 4.78 is 63.6. The van der Waals surface area contributed by atoms with Gasteiger partial charge >= 0.3 is 0 Å². The minimum absolute atomic E-state index is 0.0766. The number of primary sulfonamides is 1. The van der Waals surface area contributed by atoms with E-state index in [2.05, 4.69) is 20.9 Å². The predicted molar refractivity (Wildman–Crippen MR) is 129 cm³/mol. The van der Waals surface area contributed by atoms with Crippen molar-refractivity contribution in [2.24, 2.45) is 5.14 Å². The Hall–Kier alpha value is -2.44. The van der Waals surface area contributed by atoms with Gasteiger partial charge in [-0.15, -0.1) is 11.3 Å². The second-order valence-corrected chi connectivity index (χ2v) is 12.8. The third-order valence-corrected chi connectivity index (χ3v) is 9.35. The lowest BCUT2D eigenvalue weighted by atomic mass is 10.1. The van der Waals surface area contributed by atoms with Crippen LogP contribution in [0.5, 0.6) is 0 Å². The van der Waals surface area contributed by atoms with Crippen LogP contribution in [-0.4, -0.2) is 21.8 Å². The first-order valence-corrected chi connectivity index (χ1v) is 14.2. The summed E-state index contributed by atoms with van der Waals surface area (Å²) in [5.74, 6) is -0.670. The molecular formula is C22H16BrFN2O4S3. The van der Waals surface area contributed by atoms with Crippen molar-refractivity contribution in [3.8, 4) is 21.7 Å². The van der Waals surface area contributed by atoms with E-state index >= 15 is 0 Å². The molecule has 0 saturated carbocycles. The van der Waals surface area contributed by atoms with Crippen LogP contribution in [0, 0.1) is 5.82 Å². The fraction of sp³-hybridized carbons (Fsp3) is 0.0455. The zero-order valence-corrected chi connectivity index (χ0v) is 20.8. The molecule has 0 fully saturated rings. The molecule has 0 spiro atoms. The van der Waals surface area contributed by atoms with Crippen LogP contribution < -0.4 is 5.14 Å². The van der Waals surface area contributed by atoms with E-state index in [1.165, 1.54) is 48.5 Å². The highest BCUT2D eigenvalue weighted by molar-refractivity contribution is 9.10. The van der Waals surface area contributed by atoms with Gasteiger partial charge in [-0.3, -0.25) is 0 Å². The molecule has 0 radical (unpaired) electrons. The maximum absolute atomic E-state index is 13.5. The Balaban J connectivity index is 1.82. The van der Waals surface area contributed by atoms with Crippen molar-refractivity contribution in [2.75, 3.05) is 0 Å². The molecule has 33 heavy (non-hydrogen) atoms. The van der Waals surface area contributed by atoms with E-state index in [4.69, 9.17) is 5.14 Å². The van der Waals surface area contributed by atoms with Crippen LogP contribution in [0.2, 0.25) is 0 Å². The summed E-state index contributed by atoms with van der Waals surface area (Å²) in [5.41, 5.74) is 2.03. The summed E-state index contributed by atoms with van der Waals surface area (Å²) in [5, 5.41) is 5.17. The average molecular weight is 567 g/mol. The molecule has 3 aromatic carbocycles. The third-order valence-electron chi connectivity index (χ3n) is 4.68. The summed E-state index contributed by atoms with van der Waals surface area (Å²) in [6.45, 7) is 0. The summed E-state index contributed by atoms with van der Waals surface area (Å²) in [6.07, 6.45) is 0. The van der Waals surface area contributed by atoms with Gasteiger partial charge < -0.3 is 0 Å². The molecule has 0 unspecified atom stereocenters. The maximum Gasteiger partial charge on any atom is 0.238 e. The normalized spacial score (nSPS) is 12.1. The summed E-state index contributed by atoms with van der Waals surface area (Å²) in [7, 11) is -7.67. The molecule has 0 atom stereocenters. The van der Waals surface area contributed by atoms with Gasteiger partial charge in [0.1, 0.15) is 5.82 Å². The van der Waals surface area contributed by atoms with Crippen LogP contribution in [0.3, 0.4) is 0 Å². The molecule has 0 aliphatic heterocycles. The molecule has 1 aromatic heterocycles. The Morgan fingerprint density at radius 2 is 1.55 bits per heavy atom. The molecule has 0 aliphatic rings. The predicted octanol–water partition coefficient (Wildman–Crippen LogP) is 5.00. The Morgan fingerprint density at radius 3 is 2.15 bits per heavy atom. The maximum atomic E-state index is 13.5. The Kier molecular flexibility index (Phi) is 6.52. The molecule has 0 bridgehead atoms. The molecule has 2 N–H and O–H groups in total. The van der Waals surface area contributed by atoms with Crippen LogP contribution in [-0.2, 0) is 25.6 Å². The fourth-order valence-electron chi connectivity index (χ4n) is 3.14. The number of hydrogen-bond donors (Lipinski definition) is 1. The zero-order chi connectivity index (χ0) is 23.8. The van der Waals surface area contributed by atoms with Gasteiger partial charge in [-0.05, 0) is 47.5 Å². The van der Waals surface area contributed by atoms with E-state index in [9.17, 15) is 21.2 Å². The number of halogens is 2. The minimum Gasteiger partial charge on any atom is -0.225 e. The number of nitrogens with zero attached hydrogens (tertiary/aromatic N) is 1. The second kappa shape index (κ2) is 9.07. The highest BCUT2D eigenvalue weighted by Crippen LogP contribution is 2.39. The molecule has 0 amide bonds. The number of nitrogens with two attached hydrogens (primary N) is 1. The average Bonchev–Trinajstić information content (AvgIpc) is 3.20. The van der Waals surface area contributed by atoms with Crippen molar-refractivity contribution in [2.45, 2.75) is 15.0 Å². The summed E-state index contributed by atoms with van der Waals surface area (Å²) >= 11 is 4.32. The van der Waals surface area contributed by atoms with E-state index in [0.717, 1.165) is 15.8 Å². The van der Waals surface area contributed by atoms with Gasteiger partial charge in [0.2, 0.25) is 24.2 Å². The van der Waals surface area contributed by atoms with Crippen LogP contribution >= 0.6 is 27.3 Å². The first-order valence-electron chi connectivity index (χ1n) is 9.40. The van der Waals surface area contributed by atoms with Gasteiger partial charge in [0, 0.05) is 10.0 Å². The number of benzene rings is 3. The lowest BCUT2D eigenvalue weighted by Crippen LogP contribution is -2.11. The van der Waals surface area contributed by atoms with E-state index in [0.29, 0.717) is 27.3 Å². The van der Waals surface area contributed by atoms with Crippen LogP contribution in [0.15, 0.2) is 86.5 Å². The molecule has 0 saturated heterocycles. The summed E-state index contributed by atoms with van der Waals surface area (Å²) in [4.78, 5) is 4.85. The van der Waals surface area contributed by atoms with E-state index < -0.39 is 25.7 Å². The smallest absolute Gasteiger partial charge is 0.225 e. The number of sulfonamides is 1. The second-order valence-electron chi connectivity index (χ2n) is 7.12. The van der Waals surface area contributed by atoms with Crippen molar-refractivity contribution in [1.82, 2.24) is 4.98 Å². The number of thiazole rings is 1. The van der Waals surface area contributed by atoms with E-state index in [1.807, 2.05) is 0 Å². The van der Waals surface area contributed by atoms with Gasteiger partial charge in [-0.1, -0.05) is 52.3 Å². The van der Waals surface area contributed by atoms with E-state index in [1.54, 1.807) is 24.3 Å². The lowest BCUT2D eigenvalue weighted by molar-refractivity contribution is 0.594. The molecule has 11 heteroatoms.